The molecule has 0 unspecified atom stereocenters. The zero-order valence-corrected chi connectivity index (χ0v) is 14.6. The van der Waals surface area contributed by atoms with Crippen LogP contribution < -0.4 is 4.90 Å². The van der Waals surface area contributed by atoms with Crippen molar-refractivity contribution in [2.24, 2.45) is 0 Å². The van der Waals surface area contributed by atoms with Crippen LogP contribution >= 0.6 is 0 Å². The van der Waals surface area contributed by atoms with Crippen molar-refractivity contribution in [3.05, 3.63) is 126 Å². The number of para-hydroxylation sites is 3. The van der Waals surface area contributed by atoms with E-state index in [9.17, 15) is 0 Å². The molecule has 0 atom stereocenters. The third-order valence-corrected chi connectivity index (χ3v) is 4.50. The second-order valence-electron chi connectivity index (χ2n) is 6.30. The van der Waals surface area contributed by atoms with E-state index in [0.29, 0.717) is 0 Å². The molecule has 0 amide bonds. The van der Waals surface area contributed by atoms with Gasteiger partial charge in [-0.3, -0.25) is 0 Å². The molecule has 0 N–H and O–H groups in total. The maximum atomic E-state index is 2.33. The standard InChI is InChI=1S/C25H21N/c1-4-12-21(13-5-1)20-22-14-10-11-19-25(22)26(23-15-6-2-7-16-23)24-17-8-3-9-18-24/h1-19H,20H2. The molecule has 0 aliphatic heterocycles. The van der Waals surface area contributed by atoms with Crippen LogP contribution in [0, 0.1) is 0 Å². The van der Waals surface area contributed by atoms with Gasteiger partial charge in [0.05, 0.1) is 0 Å². The zero-order chi connectivity index (χ0) is 17.6. The van der Waals surface area contributed by atoms with E-state index in [2.05, 4.69) is 120 Å². The van der Waals surface area contributed by atoms with Crippen molar-refractivity contribution in [3.63, 3.8) is 0 Å². The minimum atomic E-state index is 0.910. The predicted molar refractivity (Wildman–Crippen MR) is 110 cm³/mol. The van der Waals surface area contributed by atoms with Crippen LogP contribution in [0.3, 0.4) is 0 Å². The summed E-state index contributed by atoms with van der Waals surface area (Å²) in [5, 5.41) is 0. The summed E-state index contributed by atoms with van der Waals surface area (Å²) in [7, 11) is 0. The van der Waals surface area contributed by atoms with Gasteiger partial charge in [-0.15, -0.1) is 0 Å². The van der Waals surface area contributed by atoms with Crippen LogP contribution in [0.4, 0.5) is 17.1 Å². The largest absolute Gasteiger partial charge is 0.310 e. The number of nitrogens with zero attached hydrogens (tertiary/aromatic N) is 1. The molecule has 0 heterocycles. The SMILES string of the molecule is c1ccc(Cc2ccccc2N(c2ccccc2)c2ccccc2)cc1. The summed E-state index contributed by atoms with van der Waals surface area (Å²) in [5.74, 6) is 0. The van der Waals surface area contributed by atoms with Gasteiger partial charge >= 0.3 is 0 Å². The molecule has 4 aromatic carbocycles. The van der Waals surface area contributed by atoms with Crippen molar-refractivity contribution in [1.29, 1.82) is 0 Å². The summed E-state index contributed by atoms with van der Waals surface area (Å²) >= 11 is 0. The zero-order valence-electron chi connectivity index (χ0n) is 14.6. The molecule has 4 aromatic rings. The Kier molecular flexibility index (Phi) is 4.79. The number of anilines is 3. The fourth-order valence-corrected chi connectivity index (χ4v) is 3.28. The van der Waals surface area contributed by atoms with Gasteiger partial charge < -0.3 is 4.90 Å². The molecule has 0 bridgehead atoms. The van der Waals surface area contributed by atoms with Crippen molar-refractivity contribution in [1.82, 2.24) is 0 Å². The van der Waals surface area contributed by atoms with E-state index in [0.717, 1.165) is 6.42 Å². The fraction of sp³-hybridized carbons (Fsp3) is 0.0400. The van der Waals surface area contributed by atoms with Crippen molar-refractivity contribution in [2.45, 2.75) is 6.42 Å². The van der Waals surface area contributed by atoms with Crippen molar-refractivity contribution in [3.8, 4) is 0 Å². The molecule has 0 saturated heterocycles. The first-order chi connectivity index (χ1) is 12.9. The van der Waals surface area contributed by atoms with E-state index in [1.165, 1.54) is 28.2 Å². The van der Waals surface area contributed by atoms with Crippen LogP contribution in [0.5, 0.6) is 0 Å². The lowest BCUT2D eigenvalue weighted by Gasteiger charge is -2.27. The number of hydrogen-bond acceptors (Lipinski definition) is 1. The second kappa shape index (κ2) is 7.71. The highest BCUT2D eigenvalue weighted by atomic mass is 15.1. The molecule has 1 nitrogen and oxygen atoms in total. The molecule has 0 spiro atoms. The average Bonchev–Trinajstić information content (AvgIpc) is 2.72. The van der Waals surface area contributed by atoms with Crippen molar-refractivity contribution < 1.29 is 0 Å². The third-order valence-electron chi connectivity index (χ3n) is 4.50. The minimum Gasteiger partial charge on any atom is -0.310 e. The first-order valence-electron chi connectivity index (χ1n) is 8.94. The van der Waals surface area contributed by atoms with Gasteiger partial charge in [0, 0.05) is 17.1 Å². The molecular weight excluding hydrogens is 314 g/mol. The molecular formula is C25H21N. The Morgan fingerprint density at radius 2 is 0.923 bits per heavy atom. The van der Waals surface area contributed by atoms with Gasteiger partial charge in [-0.05, 0) is 47.9 Å². The van der Waals surface area contributed by atoms with E-state index >= 15 is 0 Å². The van der Waals surface area contributed by atoms with Crippen LogP contribution in [0.25, 0.3) is 0 Å². The maximum absolute atomic E-state index is 2.33. The van der Waals surface area contributed by atoms with Crippen molar-refractivity contribution in [2.75, 3.05) is 4.90 Å². The highest BCUT2D eigenvalue weighted by Gasteiger charge is 2.15. The Balaban J connectivity index is 1.82. The summed E-state index contributed by atoms with van der Waals surface area (Å²) in [6.45, 7) is 0. The van der Waals surface area contributed by atoms with Gasteiger partial charge in [0.25, 0.3) is 0 Å². The molecule has 26 heavy (non-hydrogen) atoms. The monoisotopic (exact) mass is 335 g/mol. The lowest BCUT2D eigenvalue weighted by atomic mass is 10.0. The molecule has 4 rings (SSSR count). The molecule has 1 heteroatoms. The average molecular weight is 335 g/mol. The van der Waals surface area contributed by atoms with Gasteiger partial charge in [0.2, 0.25) is 0 Å². The summed E-state index contributed by atoms with van der Waals surface area (Å²) in [4.78, 5) is 2.33. The fourth-order valence-electron chi connectivity index (χ4n) is 3.28. The van der Waals surface area contributed by atoms with E-state index in [1.54, 1.807) is 0 Å². The topological polar surface area (TPSA) is 3.24 Å². The van der Waals surface area contributed by atoms with E-state index in [4.69, 9.17) is 0 Å². The first kappa shape index (κ1) is 16.2. The number of benzene rings is 4. The summed E-state index contributed by atoms with van der Waals surface area (Å²) in [6.07, 6.45) is 0.910. The van der Waals surface area contributed by atoms with Crippen LogP contribution in [0.15, 0.2) is 115 Å². The van der Waals surface area contributed by atoms with Crippen LogP contribution in [-0.2, 0) is 6.42 Å². The molecule has 0 aliphatic carbocycles. The van der Waals surface area contributed by atoms with Gasteiger partial charge in [0.15, 0.2) is 0 Å². The Hall–Kier alpha value is -3.32. The van der Waals surface area contributed by atoms with Gasteiger partial charge in [0.1, 0.15) is 0 Å². The third kappa shape index (κ3) is 3.52. The van der Waals surface area contributed by atoms with Gasteiger partial charge in [-0.2, -0.15) is 0 Å². The highest BCUT2D eigenvalue weighted by Crippen LogP contribution is 2.36. The summed E-state index contributed by atoms with van der Waals surface area (Å²) in [5.41, 5.74) is 6.18. The Labute approximate surface area is 155 Å². The lowest BCUT2D eigenvalue weighted by molar-refractivity contribution is 1.15. The maximum Gasteiger partial charge on any atom is 0.0496 e. The molecule has 0 saturated carbocycles. The molecule has 126 valence electrons. The van der Waals surface area contributed by atoms with Crippen molar-refractivity contribution >= 4 is 17.1 Å². The Morgan fingerprint density at radius 3 is 1.50 bits per heavy atom. The predicted octanol–water partition coefficient (Wildman–Crippen LogP) is 6.75. The molecule has 0 radical (unpaired) electrons. The van der Waals surface area contributed by atoms with Crippen LogP contribution in [0.1, 0.15) is 11.1 Å². The van der Waals surface area contributed by atoms with Gasteiger partial charge in [-0.1, -0.05) is 84.9 Å². The smallest absolute Gasteiger partial charge is 0.0496 e. The first-order valence-corrected chi connectivity index (χ1v) is 8.94. The quantitative estimate of drug-likeness (QED) is 0.390. The normalized spacial score (nSPS) is 10.5. The Morgan fingerprint density at radius 1 is 0.462 bits per heavy atom. The Bertz CT molecular complexity index is 907. The molecule has 0 aliphatic rings. The molecule has 0 fully saturated rings. The number of hydrogen-bond donors (Lipinski definition) is 0. The summed E-state index contributed by atoms with van der Waals surface area (Å²) in [6, 6.07) is 40.4. The minimum absolute atomic E-state index is 0.910. The molecule has 0 aromatic heterocycles. The lowest BCUT2D eigenvalue weighted by Crippen LogP contribution is -2.12. The number of rotatable bonds is 5. The van der Waals surface area contributed by atoms with E-state index < -0.39 is 0 Å². The van der Waals surface area contributed by atoms with Gasteiger partial charge in [-0.25, -0.2) is 0 Å². The second-order valence-corrected chi connectivity index (χ2v) is 6.30. The van der Waals surface area contributed by atoms with E-state index in [-0.39, 0.29) is 0 Å². The van der Waals surface area contributed by atoms with Crippen LogP contribution in [-0.4, -0.2) is 0 Å². The highest BCUT2D eigenvalue weighted by molar-refractivity contribution is 5.78. The van der Waals surface area contributed by atoms with Crippen LogP contribution in [0.2, 0.25) is 0 Å². The van der Waals surface area contributed by atoms with E-state index in [1.807, 2.05) is 0 Å². The summed E-state index contributed by atoms with van der Waals surface area (Å²) < 4.78 is 0.